The molecule has 0 saturated heterocycles. The number of fused-ring (bicyclic) bond motifs is 2. The Bertz CT molecular complexity index is 1190. The van der Waals surface area contributed by atoms with Crippen molar-refractivity contribution in [2.24, 2.45) is 4.99 Å². The molecule has 2 heterocycles. The molecule has 1 aliphatic rings. The monoisotopic (exact) mass is 445 g/mol. The normalized spacial score (nSPS) is 16.0. The van der Waals surface area contributed by atoms with Gasteiger partial charge in [-0.25, -0.2) is 9.97 Å². The Kier molecular flexibility index (Phi) is 5.32. The Labute approximate surface area is 182 Å². The van der Waals surface area contributed by atoms with Crippen LogP contribution < -0.4 is 9.47 Å². The highest BCUT2D eigenvalue weighted by molar-refractivity contribution is 5.91. The van der Waals surface area contributed by atoms with Gasteiger partial charge in [0.05, 0.1) is 11.2 Å². The van der Waals surface area contributed by atoms with Crippen molar-refractivity contribution in [2.75, 3.05) is 6.79 Å². The van der Waals surface area contributed by atoms with E-state index < -0.39 is 23.6 Å². The first-order valence-corrected chi connectivity index (χ1v) is 9.96. The summed E-state index contributed by atoms with van der Waals surface area (Å²) in [5, 5.41) is 11.3. The van der Waals surface area contributed by atoms with Crippen LogP contribution in [0.5, 0.6) is 11.5 Å². The largest absolute Gasteiger partial charge is 0.454 e. The van der Waals surface area contributed by atoms with E-state index in [0.29, 0.717) is 40.0 Å². The van der Waals surface area contributed by atoms with Crippen LogP contribution in [0.15, 0.2) is 47.6 Å². The molecule has 1 aliphatic heterocycles. The predicted octanol–water partition coefficient (Wildman–Crippen LogP) is 5.03. The van der Waals surface area contributed by atoms with Crippen molar-refractivity contribution in [3.63, 3.8) is 0 Å². The van der Waals surface area contributed by atoms with E-state index in [-0.39, 0.29) is 12.5 Å². The van der Waals surface area contributed by atoms with Crippen LogP contribution in [0.1, 0.15) is 31.7 Å². The molecule has 0 aliphatic carbocycles. The van der Waals surface area contributed by atoms with Crippen LogP contribution in [0.25, 0.3) is 10.9 Å². The molecule has 0 spiro atoms. The first kappa shape index (κ1) is 22.0. The summed E-state index contributed by atoms with van der Waals surface area (Å²) in [4.78, 5) is 12.4. The van der Waals surface area contributed by atoms with E-state index in [0.717, 1.165) is 0 Å². The van der Waals surface area contributed by atoms with E-state index in [1.165, 1.54) is 6.20 Å². The van der Waals surface area contributed by atoms with Gasteiger partial charge in [0.1, 0.15) is 5.82 Å². The molecule has 0 radical (unpaired) electrons. The highest BCUT2D eigenvalue weighted by atomic mass is 19.4. The van der Waals surface area contributed by atoms with Crippen molar-refractivity contribution in [3.8, 4) is 11.5 Å². The maximum absolute atomic E-state index is 14.1. The van der Waals surface area contributed by atoms with Crippen molar-refractivity contribution in [1.29, 1.82) is 0 Å². The number of aliphatic imine (C=N–C) groups is 1. The van der Waals surface area contributed by atoms with Gasteiger partial charge in [-0.05, 0) is 37.0 Å². The average Bonchev–Trinajstić information content (AvgIpc) is 3.19. The highest BCUT2D eigenvalue weighted by Crippen LogP contribution is 2.46. The molecule has 1 atom stereocenters. The number of aliphatic hydroxyl groups is 1. The Morgan fingerprint density at radius 2 is 1.88 bits per heavy atom. The summed E-state index contributed by atoms with van der Waals surface area (Å²) in [5.41, 5.74) is -3.00. The zero-order valence-corrected chi connectivity index (χ0v) is 17.8. The zero-order valence-electron chi connectivity index (χ0n) is 17.8. The van der Waals surface area contributed by atoms with Crippen LogP contribution in [0, 0.1) is 6.92 Å². The SMILES string of the molecule is Cc1ncc2c(/N=C\C(O)(CC(C)(C)c3cccc4c3OCO4)C(F)(F)F)cccc2n1. The molecular formula is C23H22F3N3O3. The summed E-state index contributed by atoms with van der Waals surface area (Å²) >= 11 is 0. The molecule has 3 aromatic rings. The van der Waals surface area contributed by atoms with Crippen LogP contribution in [0.4, 0.5) is 18.9 Å². The number of hydrogen-bond donors (Lipinski definition) is 1. The van der Waals surface area contributed by atoms with Gasteiger partial charge in [-0.3, -0.25) is 4.99 Å². The highest BCUT2D eigenvalue weighted by Gasteiger charge is 2.55. The van der Waals surface area contributed by atoms with Crippen molar-refractivity contribution in [1.82, 2.24) is 9.97 Å². The number of aromatic nitrogens is 2. The maximum atomic E-state index is 14.1. The summed E-state index contributed by atoms with van der Waals surface area (Å²) in [6, 6.07) is 9.95. The fourth-order valence-corrected chi connectivity index (χ4v) is 3.87. The van der Waals surface area contributed by atoms with Gasteiger partial charge < -0.3 is 14.6 Å². The molecule has 32 heavy (non-hydrogen) atoms. The smallest absolute Gasteiger partial charge is 0.422 e. The zero-order chi connectivity index (χ0) is 23.1. The van der Waals surface area contributed by atoms with E-state index in [9.17, 15) is 18.3 Å². The van der Waals surface area contributed by atoms with Crippen LogP contribution >= 0.6 is 0 Å². The molecule has 4 rings (SSSR count). The molecule has 0 saturated carbocycles. The Morgan fingerprint density at radius 3 is 2.62 bits per heavy atom. The number of benzene rings is 2. The second-order valence-electron chi connectivity index (χ2n) is 8.41. The minimum atomic E-state index is -4.96. The summed E-state index contributed by atoms with van der Waals surface area (Å²) < 4.78 is 53.0. The number of rotatable bonds is 5. The standard InChI is InChI=1S/C23H22F3N3O3/c1-14-27-10-15-17(7-5-8-18(15)29-14)28-12-22(30,23(24,25)26)11-21(2,3)16-6-4-9-19-20(16)32-13-31-19/h4-10,12,30H,11,13H2,1-3H3/b28-12-. The topological polar surface area (TPSA) is 76.8 Å². The Hall–Kier alpha value is -3.20. The van der Waals surface area contributed by atoms with E-state index >= 15 is 0 Å². The molecule has 1 aromatic heterocycles. The van der Waals surface area contributed by atoms with Gasteiger partial charge in [-0.15, -0.1) is 0 Å². The van der Waals surface area contributed by atoms with Crippen LogP contribution in [0.3, 0.4) is 0 Å². The minimum absolute atomic E-state index is 0.00392. The fraction of sp³-hybridized carbons (Fsp3) is 0.348. The molecule has 0 bridgehead atoms. The van der Waals surface area contributed by atoms with Crippen LogP contribution in [-0.4, -0.2) is 39.9 Å². The van der Waals surface area contributed by atoms with Gasteiger partial charge in [-0.2, -0.15) is 13.2 Å². The van der Waals surface area contributed by atoms with Gasteiger partial charge >= 0.3 is 6.18 Å². The van der Waals surface area contributed by atoms with Gasteiger partial charge in [0, 0.05) is 23.4 Å². The molecule has 0 fully saturated rings. The molecule has 6 nitrogen and oxygen atoms in total. The Balaban J connectivity index is 1.72. The molecule has 1 N–H and O–H groups in total. The third-order valence-electron chi connectivity index (χ3n) is 5.47. The van der Waals surface area contributed by atoms with Crippen LogP contribution in [-0.2, 0) is 5.41 Å². The van der Waals surface area contributed by atoms with Gasteiger partial charge in [0.2, 0.25) is 6.79 Å². The molecule has 1 unspecified atom stereocenters. The minimum Gasteiger partial charge on any atom is -0.454 e. The number of ether oxygens (including phenoxy) is 2. The molecule has 2 aromatic carbocycles. The fourth-order valence-electron chi connectivity index (χ4n) is 3.87. The van der Waals surface area contributed by atoms with E-state index in [4.69, 9.17) is 9.47 Å². The molecule has 9 heteroatoms. The third-order valence-corrected chi connectivity index (χ3v) is 5.47. The van der Waals surface area contributed by atoms with Gasteiger partial charge in [0.25, 0.3) is 0 Å². The van der Waals surface area contributed by atoms with Crippen molar-refractivity contribution in [3.05, 3.63) is 54.0 Å². The van der Waals surface area contributed by atoms with Gasteiger partial charge in [0.15, 0.2) is 17.1 Å². The van der Waals surface area contributed by atoms with E-state index in [1.807, 2.05) is 0 Å². The third kappa shape index (κ3) is 4.00. The van der Waals surface area contributed by atoms with Crippen molar-refractivity contribution < 1.29 is 27.8 Å². The summed E-state index contributed by atoms with van der Waals surface area (Å²) in [7, 11) is 0. The summed E-state index contributed by atoms with van der Waals surface area (Å²) in [6.45, 7) is 4.94. The molecule has 0 amide bonds. The van der Waals surface area contributed by atoms with Crippen LogP contribution in [0.2, 0.25) is 0 Å². The van der Waals surface area contributed by atoms with Gasteiger partial charge in [-0.1, -0.05) is 32.0 Å². The summed E-state index contributed by atoms with van der Waals surface area (Å²) in [5.74, 6) is 1.39. The quantitative estimate of drug-likeness (QED) is 0.558. The lowest BCUT2D eigenvalue weighted by Crippen LogP contribution is -2.50. The van der Waals surface area contributed by atoms with E-state index in [2.05, 4.69) is 15.0 Å². The number of alkyl halides is 3. The number of para-hydroxylation sites is 1. The number of aryl methyl sites for hydroxylation is 1. The number of halogens is 3. The first-order valence-electron chi connectivity index (χ1n) is 9.96. The average molecular weight is 445 g/mol. The second-order valence-corrected chi connectivity index (χ2v) is 8.41. The van der Waals surface area contributed by atoms with Crippen molar-refractivity contribution >= 4 is 22.8 Å². The lowest BCUT2D eigenvalue weighted by Gasteiger charge is -2.35. The first-order chi connectivity index (χ1) is 15.0. The van der Waals surface area contributed by atoms with E-state index in [1.54, 1.807) is 57.2 Å². The summed E-state index contributed by atoms with van der Waals surface area (Å²) in [6.07, 6.45) is -3.57. The predicted molar refractivity (Wildman–Crippen MR) is 114 cm³/mol. The number of nitrogens with zero attached hydrogens (tertiary/aromatic N) is 3. The maximum Gasteiger partial charge on any atom is 0.422 e. The lowest BCUT2D eigenvalue weighted by atomic mass is 9.74. The number of hydrogen-bond acceptors (Lipinski definition) is 6. The molecule has 168 valence electrons. The Morgan fingerprint density at radius 1 is 1.12 bits per heavy atom. The molecular weight excluding hydrogens is 423 g/mol. The lowest BCUT2D eigenvalue weighted by molar-refractivity contribution is -0.234. The van der Waals surface area contributed by atoms with Crippen molar-refractivity contribution in [2.45, 2.75) is 44.4 Å². The second kappa shape index (κ2) is 7.74.